The maximum atomic E-state index is 3.82. The Balaban J connectivity index is 1.95. The van der Waals surface area contributed by atoms with Crippen molar-refractivity contribution >= 4 is 0 Å². The molecule has 2 rings (SSSR count). The van der Waals surface area contributed by atoms with E-state index in [9.17, 15) is 0 Å². The first kappa shape index (κ1) is 13.1. The zero-order chi connectivity index (χ0) is 12.8. The van der Waals surface area contributed by atoms with Gasteiger partial charge in [0.1, 0.15) is 0 Å². The average Bonchev–Trinajstić information content (AvgIpc) is 2.39. The third kappa shape index (κ3) is 3.31. The summed E-state index contributed by atoms with van der Waals surface area (Å²) in [7, 11) is 0. The molecule has 2 nitrogen and oxygen atoms in total. The Morgan fingerprint density at radius 1 is 1.17 bits per heavy atom. The van der Waals surface area contributed by atoms with Gasteiger partial charge in [-0.2, -0.15) is 0 Å². The molecule has 1 aliphatic rings. The van der Waals surface area contributed by atoms with Crippen LogP contribution in [0.25, 0.3) is 0 Å². The van der Waals surface area contributed by atoms with E-state index in [1.54, 1.807) is 0 Å². The topological polar surface area (TPSA) is 15.3 Å². The summed E-state index contributed by atoms with van der Waals surface area (Å²) in [6.45, 7) is 11.5. The van der Waals surface area contributed by atoms with Crippen molar-refractivity contribution in [3.63, 3.8) is 0 Å². The summed E-state index contributed by atoms with van der Waals surface area (Å²) >= 11 is 0. The van der Waals surface area contributed by atoms with E-state index in [0.29, 0.717) is 6.04 Å². The molecule has 18 heavy (non-hydrogen) atoms. The van der Waals surface area contributed by atoms with Crippen LogP contribution in [0.4, 0.5) is 0 Å². The van der Waals surface area contributed by atoms with Crippen LogP contribution in [0.15, 0.2) is 49.6 Å². The lowest BCUT2D eigenvalue weighted by atomic mass is 9.95. The Labute approximate surface area is 110 Å². The third-order valence-electron chi connectivity index (χ3n) is 3.42. The second-order valence-corrected chi connectivity index (χ2v) is 4.85. The summed E-state index contributed by atoms with van der Waals surface area (Å²) < 4.78 is 0. The van der Waals surface area contributed by atoms with Crippen molar-refractivity contribution < 1.29 is 0 Å². The summed E-state index contributed by atoms with van der Waals surface area (Å²) in [5.74, 6) is 0. The van der Waals surface area contributed by atoms with E-state index in [-0.39, 0.29) is 0 Å². The lowest BCUT2D eigenvalue weighted by Gasteiger charge is -2.30. The van der Waals surface area contributed by atoms with Gasteiger partial charge in [0, 0.05) is 32.2 Å². The zero-order valence-corrected chi connectivity index (χ0v) is 10.9. The Morgan fingerprint density at radius 2 is 1.83 bits per heavy atom. The highest BCUT2D eigenvalue weighted by atomic mass is 15.1. The molecule has 0 aliphatic carbocycles. The molecule has 1 N–H and O–H groups in total. The molecule has 0 aromatic heterocycles. The Kier molecular flexibility index (Phi) is 4.73. The van der Waals surface area contributed by atoms with Gasteiger partial charge in [0.2, 0.25) is 0 Å². The summed E-state index contributed by atoms with van der Waals surface area (Å²) in [5.41, 5.74) is 2.92. The average molecular weight is 242 g/mol. The smallest absolute Gasteiger partial charge is 0.0238 e. The Bertz CT molecular complexity index is 401. The SMILES string of the molecule is C=CCN(CC=C)C[C@H]1Cc2ccccc2CN1. The molecule has 0 bridgehead atoms. The van der Waals surface area contributed by atoms with E-state index in [1.165, 1.54) is 11.1 Å². The third-order valence-corrected chi connectivity index (χ3v) is 3.42. The molecule has 2 heteroatoms. The number of hydrogen-bond acceptors (Lipinski definition) is 2. The van der Waals surface area contributed by atoms with E-state index < -0.39 is 0 Å². The largest absolute Gasteiger partial charge is 0.308 e. The lowest BCUT2D eigenvalue weighted by molar-refractivity contribution is 0.280. The standard InChI is InChI=1S/C16H22N2/c1-3-9-18(10-4-2)13-16-11-14-7-5-6-8-15(14)12-17-16/h3-8,16-17H,1-2,9-13H2/t16-/m1/s1. The van der Waals surface area contributed by atoms with E-state index in [0.717, 1.165) is 32.6 Å². The molecule has 0 spiro atoms. The van der Waals surface area contributed by atoms with Gasteiger partial charge in [0.25, 0.3) is 0 Å². The van der Waals surface area contributed by atoms with Crippen molar-refractivity contribution in [2.24, 2.45) is 0 Å². The molecule has 0 saturated carbocycles. The van der Waals surface area contributed by atoms with Crippen LogP contribution in [-0.2, 0) is 13.0 Å². The predicted molar refractivity (Wildman–Crippen MR) is 77.6 cm³/mol. The highest BCUT2D eigenvalue weighted by molar-refractivity contribution is 5.29. The highest BCUT2D eigenvalue weighted by Crippen LogP contribution is 2.16. The normalized spacial score (nSPS) is 18.4. The number of rotatable bonds is 6. The highest BCUT2D eigenvalue weighted by Gasteiger charge is 2.19. The number of benzene rings is 1. The Hall–Kier alpha value is -1.38. The first-order valence-electron chi connectivity index (χ1n) is 6.57. The number of nitrogens with zero attached hydrogens (tertiary/aromatic N) is 1. The minimum Gasteiger partial charge on any atom is -0.308 e. The van der Waals surface area contributed by atoms with Crippen molar-refractivity contribution in [1.29, 1.82) is 0 Å². The van der Waals surface area contributed by atoms with Crippen LogP contribution in [0.2, 0.25) is 0 Å². The van der Waals surface area contributed by atoms with E-state index in [1.807, 2.05) is 12.2 Å². The fraction of sp³-hybridized carbons (Fsp3) is 0.375. The van der Waals surface area contributed by atoms with Crippen molar-refractivity contribution in [1.82, 2.24) is 10.2 Å². The quantitative estimate of drug-likeness (QED) is 0.771. The second-order valence-electron chi connectivity index (χ2n) is 4.85. The lowest BCUT2D eigenvalue weighted by Crippen LogP contribution is -2.44. The molecular weight excluding hydrogens is 220 g/mol. The van der Waals surface area contributed by atoms with Crippen molar-refractivity contribution in [3.8, 4) is 0 Å². The minimum absolute atomic E-state index is 0.528. The molecular formula is C16H22N2. The molecule has 96 valence electrons. The number of hydrogen-bond donors (Lipinski definition) is 1. The van der Waals surface area contributed by atoms with Crippen LogP contribution in [0.5, 0.6) is 0 Å². The maximum absolute atomic E-state index is 3.82. The van der Waals surface area contributed by atoms with Gasteiger partial charge in [-0.05, 0) is 17.5 Å². The van der Waals surface area contributed by atoms with Gasteiger partial charge < -0.3 is 5.32 Å². The molecule has 0 amide bonds. The molecule has 1 atom stereocenters. The Morgan fingerprint density at radius 3 is 2.50 bits per heavy atom. The molecule has 0 saturated heterocycles. The summed E-state index contributed by atoms with van der Waals surface area (Å²) in [6.07, 6.45) is 5.03. The van der Waals surface area contributed by atoms with E-state index in [2.05, 4.69) is 47.6 Å². The molecule has 0 fully saturated rings. The summed E-state index contributed by atoms with van der Waals surface area (Å²) in [4.78, 5) is 2.37. The predicted octanol–water partition coefficient (Wildman–Crippen LogP) is 2.37. The molecule has 0 radical (unpaired) electrons. The van der Waals surface area contributed by atoms with E-state index >= 15 is 0 Å². The molecule has 1 aliphatic heterocycles. The van der Waals surface area contributed by atoms with Gasteiger partial charge in [-0.25, -0.2) is 0 Å². The van der Waals surface area contributed by atoms with Crippen LogP contribution in [0.1, 0.15) is 11.1 Å². The first-order chi connectivity index (χ1) is 8.83. The van der Waals surface area contributed by atoms with Gasteiger partial charge in [-0.1, -0.05) is 36.4 Å². The molecule has 0 unspecified atom stereocenters. The van der Waals surface area contributed by atoms with Crippen LogP contribution >= 0.6 is 0 Å². The van der Waals surface area contributed by atoms with Gasteiger partial charge in [0.05, 0.1) is 0 Å². The van der Waals surface area contributed by atoms with Gasteiger partial charge >= 0.3 is 0 Å². The van der Waals surface area contributed by atoms with Gasteiger partial charge in [0.15, 0.2) is 0 Å². The van der Waals surface area contributed by atoms with Crippen LogP contribution < -0.4 is 5.32 Å². The van der Waals surface area contributed by atoms with Crippen molar-refractivity contribution in [2.45, 2.75) is 19.0 Å². The number of nitrogens with one attached hydrogen (secondary N) is 1. The van der Waals surface area contributed by atoms with Crippen LogP contribution in [0, 0.1) is 0 Å². The number of fused-ring (bicyclic) bond motifs is 1. The zero-order valence-electron chi connectivity index (χ0n) is 10.9. The van der Waals surface area contributed by atoms with Crippen LogP contribution in [-0.4, -0.2) is 30.6 Å². The fourth-order valence-electron chi connectivity index (χ4n) is 2.55. The van der Waals surface area contributed by atoms with Gasteiger partial charge in [-0.3, -0.25) is 4.90 Å². The fourth-order valence-corrected chi connectivity index (χ4v) is 2.55. The maximum Gasteiger partial charge on any atom is 0.0238 e. The first-order valence-corrected chi connectivity index (χ1v) is 6.57. The molecule has 1 aromatic rings. The molecule has 1 aromatic carbocycles. The van der Waals surface area contributed by atoms with Crippen molar-refractivity contribution in [2.75, 3.05) is 19.6 Å². The van der Waals surface area contributed by atoms with Crippen LogP contribution in [0.3, 0.4) is 0 Å². The minimum atomic E-state index is 0.528. The summed E-state index contributed by atoms with van der Waals surface area (Å²) in [6, 6.07) is 9.23. The monoisotopic (exact) mass is 242 g/mol. The van der Waals surface area contributed by atoms with Gasteiger partial charge in [-0.15, -0.1) is 13.2 Å². The second kappa shape index (κ2) is 6.53. The van der Waals surface area contributed by atoms with E-state index in [4.69, 9.17) is 0 Å². The summed E-state index contributed by atoms with van der Waals surface area (Å²) in [5, 5.41) is 3.61. The molecule has 1 heterocycles. The van der Waals surface area contributed by atoms with Crippen molar-refractivity contribution in [3.05, 3.63) is 60.7 Å².